The van der Waals surface area contributed by atoms with E-state index in [1.165, 1.54) is 0 Å². The lowest BCUT2D eigenvalue weighted by atomic mass is 9.75. The molecule has 3 atom stereocenters. The van der Waals surface area contributed by atoms with Crippen molar-refractivity contribution in [2.24, 2.45) is 11.8 Å². The van der Waals surface area contributed by atoms with Gasteiger partial charge in [-0.1, -0.05) is 26.2 Å². The first-order valence-corrected chi connectivity index (χ1v) is 6.45. The van der Waals surface area contributed by atoms with Crippen molar-refractivity contribution in [1.82, 2.24) is 0 Å². The molecule has 0 aromatic carbocycles. The standard InChI is InChI=1S/C12H23NO3/c1-2-3-6-10(9-14)11-7-4-5-8-12(11)13(15)16/h10-12,14H,2-9H2,1H3/t10?,11-,12-/m0/s1. The molecule has 0 saturated heterocycles. The molecule has 4 nitrogen and oxygen atoms in total. The van der Waals surface area contributed by atoms with Crippen molar-refractivity contribution in [3.63, 3.8) is 0 Å². The van der Waals surface area contributed by atoms with Crippen LogP contribution >= 0.6 is 0 Å². The third-order valence-electron chi connectivity index (χ3n) is 3.82. The van der Waals surface area contributed by atoms with Crippen molar-refractivity contribution >= 4 is 0 Å². The summed E-state index contributed by atoms with van der Waals surface area (Å²) in [6, 6.07) is -0.414. The molecule has 94 valence electrons. The van der Waals surface area contributed by atoms with Crippen LogP contribution in [0.25, 0.3) is 0 Å². The Morgan fingerprint density at radius 2 is 2.12 bits per heavy atom. The van der Waals surface area contributed by atoms with Gasteiger partial charge < -0.3 is 5.11 Å². The van der Waals surface area contributed by atoms with Crippen LogP contribution in [0.2, 0.25) is 0 Å². The van der Waals surface area contributed by atoms with E-state index in [4.69, 9.17) is 0 Å². The summed E-state index contributed by atoms with van der Waals surface area (Å²) in [5.74, 6) is 0.232. The molecular formula is C12H23NO3. The summed E-state index contributed by atoms with van der Waals surface area (Å²) < 4.78 is 0. The van der Waals surface area contributed by atoms with E-state index >= 15 is 0 Å². The number of hydrogen-bond acceptors (Lipinski definition) is 3. The first-order chi connectivity index (χ1) is 7.70. The van der Waals surface area contributed by atoms with Gasteiger partial charge in [-0.25, -0.2) is 0 Å². The summed E-state index contributed by atoms with van der Waals surface area (Å²) in [5, 5.41) is 20.4. The van der Waals surface area contributed by atoms with Crippen molar-refractivity contribution in [1.29, 1.82) is 0 Å². The number of rotatable bonds is 6. The lowest BCUT2D eigenvalue weighted by Crippen LogP contribution is -2.38. The fourth-order valence-corrected chi connectivity index (χ4v) is 2.86. The second-order valence-corrected chi connectivity index (χ2v) is 4.89. The molecule has 1 N–H and O–H groups in total. The zero-order valence-corrected chi connectivity index (χ0v) is 10.1. The van der Waals surface area contributed by atoms with E-state index in [2.05, 4.69) is 6.92 Å². The predicted octanol–water partition coefficient (Wildman–Crippen LogP) is 2.62. The first-order valence-electron chi connectivity index (χ1n) is 6.45. The largest absolute Gasteiger partial charge is 0.396 e. The van der Waals surface area contributed by atoms with Gasteiger partial charge in [0, 0.05) is 23.9 Å². The normalized spacial score (nSPS) is 27.6. The average Bonchev–Trinajstić information content (AvgIpc) is 2.30. The van der Waals surface area contributed by atoms with Gasteiger partial charge in [0.25, 0.3) is 0 Å². The Hall–Kier alpha value is -0.640. The van der Waals surface area contributed by atoms with Crippen LogP contribution < -0.4 is 0 Å². The van der Waals surface area contributed by atoms with E-state index in [-0.39, 0.29) is 23.4 Å². The van der Waals surface area contributed by atoms with Crippen molar-refractivity contribution in [2.45, 2.75) is 57.9 Å². The van der Waals surface area contributed by atoms with E-state index in [9.17, 15) is 15.2 Å². The minimum atomic E-state index is -0.414. The van der Waals surface area contributed by atoms with Crippen molar-refractivity contribution < 1.29 is 10.0 Å². The van der Waals surface area contributed by atoms with Crippen LogP contribution in [0.5, 0.6) is 0 Å². The molecule has 0 bridgehead atoms. The first kappa shape index (κ1) is 13.4. The van der Waals surface area contributed by atoms with Gasteiger partial charge in [-0.3, -0.25) is 10.1 Å². The molecule has 1 aliphatic rings. The molecule has 1 unspecified atom stereocenters. The number of hydrogen-bond donors (Lipinski definition) is 1. The highest BCUT2D eigenvalue weighted by Crippen LogP contribution is 2.34. The number of nitro groups is 1. The summed E-state index contributed by atoms with van der Waals surface area (Å²) in [4.78, 5) is 10.9. The van der Waals surface area contributed by atoms with Gasteiger partial charge in [0.05, 0.1) is 0 Å². The maximum absolute atomic E-state index is 11.0. The Balaban J connectivity index is 2.60. The number of aliphatic hydroxyl groups excluding tert-OH is 1. The van der Waals surface area contributed by atoms with Crippen LogP contribution in [0.1, 0.15) is 51.9 Å². The Bertz CT molecular complexity index is 220. The second-order valence-electron chi connectivity index (χ2n) is 4.89. The fourth-order valence-electron chi connectivity index (χ4n) is 2.86. The Kier molecular flexibility index (Phi) is 5.74. The molecule has 0 spiro atoms. The second kappa shape index (κ2) is 6.84. The Labute approximate surface area is 97.2 Å². The van der Waals surface area contributed by atoms with Crippen LogP contribution in [0, 0.1) is 22.0 Å². The van der Waals surface area contributed by atoms with Crippen LogP contribution in [0.15, 0.2) is 0 Å². The fraction of sp³-hybridized carbons (Fsp3) is 1.00. The molecule has 4 heteroatoms. The molecule has 1 saturated carbocycles. The molecule has 0 aromatic rings. The highest BCUT2D eigenvalue weighted by atomic mass is 16.6. The summed E-state index contributed by atoms with van der Waals surface area (Å²) in [5.41, 5.74) is 0. The number of nitrogens with zero attached hydrogens (tertiary/aromatic N) is 1. The summed E-state index contributed by atoms with van der Waals surface area (Å²) in [7, 11) is 0. The molecule has 0 aliphatic heterocycles. The minimum absolute atomic E-state index is 0.0975. The molecule has 1 rings (SSSR count). The van der Waals surface area contributed by atoms with E-state index in [1.54, 1.807) is 0 Å². The maximum Gasteiger partial charge on any atom is 0.216 e. The molecular weight excluding hydrogens is 206 g/mol. The van der Waals surface area contributed by atoms with Gasteiger partial charge in [-0.05, 0) is 25.2 Å². The number of unbranched alkanes of at least 4 members (excludes halogenated alkanes) is 1. The average molecular weight is 229 g/mol. The number of aliphatic hydroxyl groups is 1. The maximum atomic E-state index is 11.0. The van der Waals surface area contributed by atoms with Crippen molar-refractivity contribution in [3.05, 3.63) is 10.1 Å². The molecule has 0 radical (unpaired) electrons. The lowest BCUT2D eigenvalue weighted by Gasteiger charge is -2.31. The van der Waals surface area contributed by atoms with Crippen LogP contribution in [-0.2, 0) is 0 Å². The monoisotopic (exact) mass is 229 g/mol. The smallest absolute Gasteiger partial charge is 0.216 e. The third-order valence-corrected chi connectivity index (χ3v) is 3.82. The molecule has 0 amide bonds. The molecule has 1 fully saturated rings. The van der Waals surface area contributed by atoms with E-state index < -0.39 is 6.04 Å². The Morgan fingerprint density at radius 1 is 1.44 bits per heavy atom. The SMILES string of the molecule is CCCCC(CO)[C@@H]1CCCC[C@@H]1[N+](=O)[O-]. The van der Waals surface area contributed by atoms with Crippen molar-refractivity contribution in [2.75, 3.05) is 6.61 Å². The summed E-state index contributed by atoms with van der Waals surface area (Å²) in [6.45, 7) is 2.22. The van der Waals surface area contributed by atoms with E-state index in [1.807, 2.05) is 0 Å². The Morgan fingerprint density at radius 3 is 2.69 bits per heavy atom. The molecule has 0 heterocycles. The van der Waals surface area contributed by atoms with Crippen molar-refractivity contribution in [3.8, 4) is 0 Å². The highest BCUT2D eigenvalue weighted by Gasteiger charge is 2.38. The summed E-state index contributed by atoms with van der Waals surface area (Å²) >= 11 is 0. The van der Waals surface area contributed by atoms with E-state index in [0.717, 1.165) is 38.5 Å². The van der Waals surface area contributed by atoms with Gasteiger partial charge >= 0.3 is 0 Å². The summed E-state index contributed by atoms with van der Waals surface area (Å²) in [6.07, 6.45) is 6.74. The van der Waals surface area contributed by atoms with E-state index in [0.29, 0.717) is 6.42 Å². The lowest BCUT2D eigenvalue weighted by molar-refractivity contribution is -0.538. The highest BCUT2D eigenvalue weighted by molar-refractivity contribution is 4.80. The van der Waals surface area contributed by atoms with Gasteiger partial charge in [-0.15, -0.1) is 0 Å². The van der Waals surface area contributed by atoms with Gasteiger partial charge in [0.1, 0.15) is 0 Å². The zero-order chi connectivity index (χ0) is 12.0. The molecule has 16 heavy (non-hydrogen) atoms. The van der Waals surface area contributed by atoms with Crippen LogP contribution in [0.3, 0.4) is 0 Å². The molecule has 0 aromatic heterocycles. The van der Waals surface area contributed by atoms with Gasteiger partial charge in [0.2, 0.25) is 6.04 Å². The minimum Gasteiger partial charge on any atom is -0.396 e. The van der Waals surface area contributed by atoms with Crippen LogP contribution in [0.4, 0.5) is 0 Å². The van der Waals surface area contributed by atoms with Gasteiger partial charge in [0.15, 0.2) is 0 Å². The topological polar surface area (TPSA) is 63.4 Å². The quantitative estimate of drug-likeness (QED) is 0.562. The zero-order valence-electron chi connectivity index (χ0n) is 10.1. The third kappa shape index (κ3) is 3.44. The van der Waals surface area contributed by atoms with Crippen LogP contribution in [-0.4, -0.2) is 22.7 Å². The van der Waals surface area contributed by atoms with Gasteiger partial charge in [-0.2, -0.15) is 0 Å². The predicted molar refractivity (Wildman–Crippen MR) is 62.8 cm³/mol. The molecule has 1 aliphatic carbocycles.